The van der Waals surface area contributed by atoms with Crippen molar-refractivity contribution in [2.75, 3.05) is 20.2 Å². The molecule has 8 heteroatoms. The molecule has 27 heavy (non-hydrogen) atoms. The molecule has 1 aromatic carbocycles. The third-order valence-corrected chi connectivity index (χ3v) is 4.88. The van der Waals surface area contributed by atoms with Gasteiger partial charge >= 0.3 is 0 Å². The Hall–Kier alpha value is -3.00. The molecule has 7 nitrogen and oxygen atoms in total. The van der Waals surface area contributed by atoms with Crippen LogP contribution in [0.1, 0.15) is 21.7 Å². The summed E-state index contributed by atoms with van der Waals surface area (Å²) in [5.74, 6) is 0.189. The molecule has 1 saturated heterocycles. The van der Waals surface area contributed by atoms with Crippen LogP contribution < -0.4 is 10.1 Å². The van der Waals surface area contributed by atoms with Crippen molar-refractivity contribution >= 4 is 34.9 Å². The molecule has 0 spiro atoms. The summed E-state index contributed by atoms with van der Waals surface area (Å²) >= 11 is 0.882. The van der Waals surface area contributed by atoms with E-state index in [-0.39, 0.29) is 35.9 Å². The van der Waals surface area contributed by atoms with E-state index in [1.807, 2.05) is 0 Å². The Morgan fingerprint density at radius 2 is 2.00 bits per heavy atom. The highest BCUT2D eigenvalue weighted by atomic mass is 32.2. The van der Waals surface area contributed by atoms with Crippen LogP contribution in [-0.4, -0.2) is 42.2 Å². The first-order chi connectivity index (χ1) is 13.0. The first kappa shape index (κ1) is 18.8. The molecule has 3 rings (SSSR count). The fourth-order valence-electron chi connectivity index (χ4n) is 2.51. The van der Waals surface area contributed by atoms with Crippen molar-refractivity contribution in [3.05, 3.63) is 58.4 Å². The molecule has 0 unspecified atom stereocenters. The highest BCUT2D eigenvalue weighted by Crippen LogP contribution is 2.32. The second kappa shape index (κ2) is 8.13. The topological polar surface area (TPSA) is 88.8 Å². The molecule has 1 aliphatic rings. The number of hydrogen-bond acceptors (Lipinski definition) is 6. The van der Waals surface area contributed by atoms with Crippen molar-refractivity contribution in [3.63, 3.8) is 0 Å². The maximum atomic E-state index is 12.5. The average molecular weight is 386 g/mol. The van der Waals surface area contributed by atoms with Crippen molar-refractivity contribution in [3.8, 4) is 5.75 Å². The monoisotopic (exact) mass is 386 g/mol. The lowest BCUT2D eigenvalue weighted by molar-refractivity contribution is -0.122. The molecule has 1 aliphatic heterocycles. The fourth-order valence-corrected chi connectivity index (χ4v) is 3.38. The van der Waals surface area contributed by atoms with Crippen molar-refractivity contribution in [2.24, 2.45) is 0 Å². The van der Waals surface area contributed by atoms with Crippen LogP contribution in [0.2, 0.25) is 0 Å². The Morgan fingerprint density at radius 3 is 2.63 bits per heavy atom. The molecule has 1 N–H and O–H groups in total. The van der Waals surface area contributed by atoms with Crippen LogP contribution in [0.5, 0.6) is 5.75 Å². The van der Waals surface area contributed by atoms with Crippen LogP contribution in [0, 0.1) is 6.92 Å². The second-order valence-corrected chi connectivity index (χ2v) is 6.79. The van der Waals surface area contributed by atoms with E-state index in [2.05, 4.69) is 5.32 Å². The van der Waals surface area contributed by atoms with Gasteiger partial charge in [0.25, 0.3) is 17.1 Å². The van der Waals surface area contributed by atoms with E-state index in [1.54, 1.807) is 50.4 Å². The van der Waals surface area contributed by atoms with Crippen molar-refractivity contribution < 1.29 is 23.5 Å². The van der Waals surface area contributed by atoms with Gasteiger partial charge in [0.1, 0.15) is 5.75 Å². The first-order valence-corrected chi connectivity index (χ1v) is 9.03. The van der Waals surface area contributed by atoms with Gasteiger partial charge in [-0.25, -0.2) is 0 Å². The fraction of sp³-hybridized carbons (Fsp3) is 0.211. The number of rotatable bonds is 6. The van der Waals surface area contributed by atoms with Crippen molar-refractivity contribution in [1.29, 1.82) is 0 Å². The van der Waals surface area contributed by atoms with Gasteiger partial charge < -0.3 is 14.5 Å². The van der Waals surface area contributed by atoms with E-state index in [4.69, 9.17) is 9.15 Å². The number of furan rings is 1. The quantitative estimate of drug-likeness (QED) is 0.768. The number of imide groups is 1. The molecule has 2 aromatic rings. The Labute approximate surface area is 160 Å². The Morgan fingerprint density at radius 1 is 1.26 bits per heavy atom. The maximum Gasteiger partial charge on any atom is 0.293 e. The number of carbonyl (C=O) groups is 3. The SMILES string of the molecule is COc1ccc(/C=C2/SC(=O)N(CCNC(=O)c3occc3C)C2=O)cc1. The number of ether oxygens (including phenoxy) is 1. The summed E-state index contributed by atoms with van der Waals surface area (Å²) in [6, 6.07) is 8.86. The molecule has 0 bridgehead atoms. The maximum absolute atomic E-state index is 12.5. The highest BCUT2D eigenvalue weighted by Gasteiger charge is 2.34. The molecule has 0 aliphatic carbocycles. The molecular weight excluding hydrogens is 368 g/mol. The van der Waals surface area contributed by atoms with Gasteiger partial charge in [0.2, 0.25) is 0 Å². The molecule has 0 saturated carbocycles. The minimum absolute atomic E-state index is 0.0934. The number of hydrogen-bond donors (Lipinski definition) is 1. The van der Waals surface area contributed by atoms with Crippen LogP contribution in [0.3, 0.4) is 0 Å². The van der Waals surface area contributed by atoms with Gasteiger partial charge in [0, 0.05) is 18.7 Å². The summed E-state index contributed by atoms with van der Waals surface area (Å²) in [4.78, 5) is 38.0. The van der Waals surface area contributed by atoms with E-state index >= 15 is 0 Å². The lowest BCUT2D eigenvalue weighted by Crippen LogP contribution is -2.37. The van der Waals surface area contributed by atoms with Crippen LogP contribution in [0.25, 0.3) is 6.08 Å². The summed E-state index contributed by atoms with van der Waals surface area (Å²) in [5.41, 5.74) is 1.52. The van der Waals surface area contributed by atoms with Crippen LogP contribution in [-0.2, 0) is 4.79 Å². The number of nitrogens with zero attached hydrogens (tertiary/aromatic N) is 1. The second-order valence-electron chi connectivity index (χ2n) is 5.80. The van der Waals surface area contributed by atoms with Gasteiger partial charge in [-0.15, -0.1) is 0 Å². The minimum atomic E-state index is -0.377. The van der Waals surface area contributed by atoms with Gasteiger partial charge in [-0.05, 0) is 48.5 Å². The molecule has 140 valence electrons. The molecular formula is C19H18N2O5S. The number of amides is 3. The van der Waals surface area contributed by atoms with E-state index in [9.17, 15) is 14.4 Å². The van der Waals surface area contributed by atoms with E-state index in [1.165, 1.54) is 6.26 Å². The van der Waals surface area contributed by atoms with Gasteiger partial charge in [0.05, 0.1) is 18.3 Å². The zero-order chi connectivity index (χ0) is 19.4. The lowest BCUT2D eigenvalue weighted by Gasteiger charge is -2.12. The molecule has 0 atom stereocenters. The van der Waals surface area contributed by atoms with E-state index < -0.39 is 0 Å². The Balaban J connectivity index is 1.59. The number of thioether (sulfide) groups is 1. The summed E-state index contributed by atoms with van der Waals surface area (Å²) in [6.07, 6.45) is 3.10. The number of benzene rings is 1. The van der Waals surface area contributed by atoms with Gasteiger partial charge in [-0.3, -0.25) is 19.3 Å². The summed E-state index contributed by atoms with van der Waals surface area (Å²) in [7, 11) is 1.58. The number of aryl methyl sites for hydroxylation is 1. The lowest BCUT2D eigenvalue weighted by atomic mass is 10.2. The Kier molecular flexibility index (Phi) is 5.66. The smallest absolute Gasteiger partial charge is 0.293 e. The third-order valence-electron chi connectivity index (χ3n) is 3.98. The largest absolute Gasteiger partial charge is 0.497 e. The van der Waals surface area contributed by atoms with E-state index in [0.29, 0.717) is 10.7 Å². The average Bonchev–Trinajstić information content (AvgIpc) is 3.20. The molecule has 3 amide bonds. The summed E-state index contributed by atoms with van der Waals surface area (Å²) < 4.78 is 10.2. The van der Waals surface area contributed by atoms with Gasteiger partial charge in [-0.2, -0.15) is 0 Å². The summed E-state index contributed by atoms with van der Waals surface area (Å²) in [6.45, 7) is 2.00. The Bertz CT molecular complexity index is 901. The molecule has 1 fully saturated rings. The highest BCUT2D eigenvalue weighted by molar-refractivity contribution is 8.18. The number of carbonyl (C=O) groups excluding carboxylic acids is 3. The van der Waals surface area contributed by atoms with Gasteiger partial charge in [0.15, 0.2) is 5.76 Å². The van der Waals surface area contributed by atoms with Crippen LogP contribution >= 0.6 is 11.8 Å². The standard InChI is InChI=1S/C19H18N2O5S/c1-12-7-10-26-16(12)17(22)20-8-9-21-18(23)15(27-19(21)24)11-13-3-5-14(25-2)6-4-13/h3-7,10-11H,8-9H2,1-2H3,(H,20,22)/b15-11+. The third kappa shape index (κ3) is 4.22. The predicted octanol–water partition coefficient (Wildman–Crippen LogP) is 3.06. The molecule has 1 aromatic heterocycles. The number of nitrogens with one attached hydrogen (secondary N) is 1. The zero-order valence-corrected chi connectivity index (χ0v) is 15.7. The summed E-state index contributed by atoms with van der Waals surface area (Å²) in [5, 5.41) is 2.29. The van der Waals surface area contributed by atoms with E-state index in [0.717, 1.165) is 27.8 Å². The zero-order valence-electron chi connectivity index (χ0n) is 14.9. The van der Waals surface area contributed by atoms with Crippen LogP contribution in [0.4, 0.5) is 4.79 Å². The predicted molar refractivity (Wildman–Crippen MR) is 101 cm³/mol. The van der Waals surface area contributed by atoms with Gasteiger partial charge in [-0.1, -0.05) is 12.1 Å². The number of methoxy groups -OCH3 is 1. The van der Waals surface area contributed by atoms with Crippen LogP contribution in [0.15, 0.2) is 45.9 Å². The minimum Gasteiger partial charge on any atom is -0.497 e. The first-order valence-electron chi connectivity index (χ1n) is 8.21. The molecule has 2 heterocycles. The van der Waals surface area contributed by atoms with Crippen molar-refractivity contribution in [1.82, 2.24) is 10.2 Å². The normalized spacial score (nSPS) is 15.5. The van der Waals surface area contributed by atoms with Crippen molar-refractivity contribution in [2.45, 2.75) is 6.92 Å². The molecule has 0 radical (unpaired) electrons.